The molecule has 0 aromatic rings. The topological polar surface area (TPSA) is 48.8 Å². The van der Waals surface area contributed by atoms with E-state index in [1.165, 1.54) is 12.0 Å². The SMILES string of the molecule is C[C@H](CCC(F)(F)C(C)(C)C)[C@H]1CC[C@H]2/C(=C/CN=[N+]=[N-])CCC[C@]12C. The van der Waals surface area contributed by atoms with Gasteiger partial charge in [0.05, 0.1) is 0 Å². The third-order valence-electron chi connectivity index (χ3n) is 7.23. The molecule has 0 N–H and O–H groups in total. The van der Waals surface area contributed by atoms with Crippen LogP contribution < -0.4 is 0 Å². The predicted octanol–water partition coefficient (Wildman–Crippen LogP) is 7.54. The summed E-state index contributed by atoms with van der Waals surface area (Å²) < 4.78 is 28.8. The Morgan fingerprint density at radius 1 is 1.35 bits per heavy atom. The Labute approximate surface area is 157 Å². The molecule has 2 saturated carbocycles. The quantitative estimate of drug-likeness (QED) is 0.201. The van der Waals surface area contributed by atoms with Gasteiger partial charge in [0.25, 0.3) is 5.92 Å². The molecule has 0 heterocycles. The van der Waals surface area contributed by atoms with E-state index in [4.69, 9.17) is 5.53 Å². The smallest absolute Gasteiger partial charge is 0.206 e. The highest BCUT2D eigenvalue weighted by Crippen LogP contribution is 2.60. The molecule has 0 aromatic heterocycles. The van der Waals surface area contributed by atoms with Crippen LogP contribution in [0.1, 0.15) is 79.6 Å². The third-order valence-corrected chi connectivity index (χ3v) is 7.23. The number of hydrogen-bond acceptors (Lipinski definition) is 1. The van der Waals surface area contributed by atoms with Crippen molar-refractivity contribution < 1.29 is 8.78 Å². The predicted molar refractivity (Wildman–Crippen MR) is 103 cm³/mol. The van der Waals surface area contributed by atoms with Crippen molar-refractivity contribution in [1.82, 2.24) is 0 Å². The number of allylic oxidation sites excluding steroid dienone is 1. The Bertz CT molecular complexity index is 572. The maximum absolute atomic E-state index is 14.4. The van der Waals surface area contributed by atoms with E-state index in [1.807, 2.05) is 0 Å². The molecule has 0 saturated heterocycles. The molecule has 0 unspecified atom stereocenters. The summed E-state index contributed by atoms with van der Waals surface area (Å²) in [6.45, 7) is 9.87. The first-order valence-corrected chi connectivity index (χ1v) is 10.1. The first kappa shape index (κ1) is 21.2. The van der Waals surface area contributed by atoms with Crippen LogP contribution in [0.3, 0.4) is 0 Å². The summed E-state index contributed by atoms with van der Waals surface area (Å²) in [4.78, 5) is 2.84. The van der Waals surface area contributed by atoms with Crippen LogP contribution in [-0.4, -0.2) is 12.5 Å². The van der Waals surface area contributed by atoms with Gasteiger partial charge < -0.3 is 0 Å². The monoisotopic (exact) mass is 367 g/mol. The Morgan fingerprint density at radius 3 is 2.65 bits per heavy atom. The molecule has 148 valence electrons. The lowest BCUT2D eigenvalue weighted by atomic mass is 9.60. The molecule has 0 spiro atoms. The molecule has 2 rings (SSSR count). The average Bonchev–Trinajstić information content (AvgIpc) is 2.90. The highest BCUT2D eigenvalue weighted by atomic mass is 19.3. The van der Waals surface area contributed by atoms with Gasteiger partial charge in [-0.25, -0.2) is 8.78 Å². The van der Waals surface area contributed by atoms with Crippen LogP contribution in [0.25, 0.3) is 10.4 Å². The van der Waals surface area contributed by atoms with E-state index in [2.05, 4.69) is 29.9 Å². The minimum absolute atomic E-state index is 0.0194. The molecule has 0 amide bonds. The molecule has 0 radical (unpaired) electrons. The van der Waals surface area contributed by atoms with Crippen LogP contribution in [0.2, 0.25) is 0 Å². The molecule has 5 heteroatoms. The highest BCUT2D eigenvalue weighted by Gasteiger charge is 2.51. The summed E-state index contributed by atoms with van der Waals surface area (Å²) in [6.07, 6.45) is 8.37. The molecule has 0 aromatic carbocycles. The van der Waals surface area contributed by atoms with Crippen molar-refractivity contribution in [1.29, 1.82) is 0 Å². The summed E-state index contributed by atoms with van der Waals surface area (Å²) in [5.74, 6) is -1.27. The second-order valence-electron chi connectivity index (χ2n) is 9.76. The summed E-state index contributed by atoms with van der Waals surface area (Å²) >= 11 is 0. The normalized spacial score (nSPS) is 32.2. The molecule has 2 fully saturated rings. The Hall–Kier alpha value is -1.09. The zero-order chi connectivity index (χ0) is 19.6. The number of nitrogens with zero attached hydrogens (tertiary/aromatic N) is 3. The fourth-order valence-corrected chi connectivity index (χ4v) is 5.44. The molecular weight excluding hydrogens is 332 g/mol. The van der Waals surface area contributed by atoms with Crippen molar-refractivity contribution in [2.24, 2.45) is 33.7 Å². The molecule has 26 heavy (non-hydrogen) atoms. The summed E-state index contributed by atoms with van der Waals surface area (Å²) in [5, 5.41) is 3.66. The van der Waals surface area contributed by atoms with Crippen LogP contribution in [-0.2, 0) is 0 Å². The maximum Gasteiger partial charge on any atom is 0.252 e. The molecule has 3 nitrogen and oxygen atoms in total. The van der Waals surface area contributed by atoms with E-state index in [1.54, 1.807) is 20.8 Å². The van der Waals surface area contributed by atoms with Crippen molar-refractivity contribution in [2.75, 3.05) is 6.54 Å². The summed E-state index contributed by atoms with van der Waals surface area (Å²) in [7, 11) is 0. The average molecular weight is 368 g/mol. The van der Waals surface area contributed by atoms with E-state index in [-0.39, 0.29) is 11.8 Å². The molecule has 2 aliphatic carbocycles. The van der Waals surface area contributed by atoms with E-state index < -0.39 is 11.3 Å². The highest BCUT2D eigenvalue weighted by molar-refractivity contribution is 5.19. The summed E-state index contributed by atoms with van der Waals surface area (Å²) in [5.41, 5.74) is 9.16. The van der Waals surface area contributed by atoms with Crippen LogP contribution in [0, 0.1) is 28.6 Å². The number of halogens is 2. The van der Waals surface area contributed by atoms with Gasteiger partial charge in [0.1, 0.15) is 0 Å². The lowest BCUT2D eigenvalue weighted by Crippen LogP contribution is -2.38. The van der Waals surface area contributed by atoms with E-state index in [0.29, 0.717) is 30.7 Å². The molecular formula is C21H35F2N3. The van der Waals surface area contributed by atoms with Gasteiger partial charge in [0, 0.05) is 23.3 Å². The van der Waals surface area contributed by atoms with Crippen LogP contribution >= 0.6 is 0 Å². The molecule has 0 aliphatic heterocycles. The van der Waals surface area contributed by atoms with E-state index in [9.17, 15) is 8.78 Å². The number of azide groups is 1. The summed E-state index contributed by atoms with van der Waals surface area (Å²) in [6, 6.07) is 0. The van der Waals surface area contributed by atoms with Crippen LogP contribution in [0.15, 0.2) is 16.8 Å². The van der Waals surface area contributed by atoms with Gasteiger partial charge in [0.15, 0.2) is 0 Å². The zero-order valence-corrected chi connectivity index (χ0v) is 17.1. The number of rotatable bonds is 6. The van der Waals surface area contributed by atoms with Crippen molar-refractivity contribution in [3.05, 3.63) is 22.1 Å². The third kappa shape index (κ3) is 4.24. The molecule has 4 atom stereocenters. The lowest BCUT2D eigenvalue weighted by molar-refractivity contribution is -0.108. The molecule has 2 aliphatic rings. The first-order valence-electron chi connectivity index (χ1n) is 10.1. The van der Waals surface area contributed by atoms with Gasteiger partial charge in [-0.15, -0.1) is 0 Å². The Balaban J connectivity index is 2.07. The van der Waals surface area contributed by atoms with Crippen molar-refractivity contribution in [3.8, 4) is 0 Å². The Kier molecular flexibility index (Phi) is 6.43. The Morgan fingerprint density at radius 2 is 2.04 bits per heavy atom. The zero-order valence-electron chi connectivity index (χ0n) is 17.1. The maximum atomic E-state index is 14.4. The van der Waals surface area contributed by atoms with Crippen molar-refractivity contribution >= 4 is 0 Å². The van der Waals surface area contributed by atoms with Gasteiger partial charge >= 0.3 is 0 Å². The lowest BCUT2D eigenvalue weighted by Gasteiger charge is -2.45. The van der Waals surface area contributed by atoms with Gasteiger partial charge in [-0.2, -0.15) is 0 Å². The van der Waals surface area contributed by atoms with Crippen molar-refractivity contribution in [2.45, 2.75) is 85.5 Å². The van der Waals surface area contributed by atoms with Gasteiger partial charge in [-0.3, -0.25) is 0 Å². The van der Waals surface area contributed by atoms with Gasteiger partial charge in [-0.1, -0.05) is 51.4 Å². The minimum Gasteiger partial charge on any atom is -0.206 e. The van der Waals surface area contributed by atoms with Gasteiger partial charge in [-0.05, 0) is 67.2 Å². The second kappa shape index (κ2) is 7.88. The fraction of sp³-hybridized carbons (Fsp3) is 0.905. The standard InChI is InChI=1S/C21H35F2N3/c1-15(10-13-21(22,23)19(2,3)4)17-8-9-18-16(11-14-25-26-24)7-6-12-20(17,18)5/h11,15,17-18H,6-10,12-14H2,1-5H3/b16-11+/t15-,17-,18+,20-/m1/s1. The number of alkyl halides is 2. The van der Waals surface area contributed by atoms with E-state index in [0.717, 1.165) is 25.7 Å². The number of fused-ring (bicyclic) bond motifs is 1. The van der Waals surface area contributed by atoms with Crippen LogP contribution in [0.4, 0.5) is 8.78 Å². The number of hydrogen-bond donors (Lipinski definition) is 0. The van der Waals surface area contributed by atoms with Crippen LogP contribution in [0.5, 0.6) is 0 Å². The second-order valence-corrected chi connectivity index (χ2v) is 9.76. The minimum atomic E-state index is -2.62. The van der Waals surface area contributed by atoms with E-state index >= 15 is 0 Å². The molecule has 0 bridgehead atoms. The fourth-order valence-electron chi connectivity index (χ4n) is 5.44. The largest absolute Gasteiger partial charge is 0.252 e. The first-order chi connectivity index (χ1) is 12.0. The van der Waals surface area contributed by atoms with Gasteiger partial charge in [0.2, 0.25) is 0 Å². The van der Waals surface area contributed by atoms with Crippen molar-refractivity contribution in [3.63, 3.8) is 0 Å².